The fourth-order valence-corrected chi connectivity index (χ4v) is 3.28. The molecule has 0 saturated heterocycles. The molecular formula is C25H35NO4. The summed E-state index contributed by atoms with van der Waals surface area (Å²) in [5.41, 5.74) is -3.73. The average molecular weight is 417 g/mol. The van der Waals surface area contributed by atoms with Gasteiger partial charge in [-0.2, -0.15) is 0 Å². The Bertz CT molecular complexity index is 895. The lowest BCUT2D eigenvalue weighted by Crippen LogP contribution is -2.49. The summed E-state index contributed by atoms with van der Waals surface area (Å²) >= 11 is 0. The quantitative estimate of drug-likeness (QED) is 0.538. The molecule has 1 amide bonds. The highest BCUT2D eigenvalue weighted by Gasteiger charge is 2.37. The first-order chi connectivity index (χ1) is 15.3. The first-order valence-electron chi connectivity index (χ1n) is 11.8. The molecule has 0 fully saturated rings. The Morgan fingerprint density at radius 1 is 1.13 bits per heavy atom. The Balaban J connectivity index is 2.29. The summed E-state index contributed by atoms with van der Waals surface area (Å²) in [5, 5.41) is 24.4. The van der Waals surface area contributed by atoms with Gasteiger partial charge in [-0.1, -0.05) is 62.7 Å². The summed E-state index contributed by atoms with van der Waals surface area (Å²) in [6, 6.07) is 13.5. The van der Waals surface area contributed by atoms with Gasteiger partial charge < -0.3 is 20.3 Å². The highest BCUT2D eigenvalue weighted by atomic mass is 16.5. The summed E-state index contributed by atoms with van der Waals surface area (Å²) in [6.45, 7) is 4.81. The zero-order valence-electron chi connectivity index (χ0n) is 21.2. The van der Waals surface area contributed by atoms with Gasteiger partial charge in [0, 0.05) is 4.11 Å². The minimum atomic E-state index is -3.03. The number of hydrogen-bond acceptors (Lipinski definition) is 4. The summed E-state index contributed by atoms with van der Waals surface area (Å²) in [6.07, 6.45) is 2.15. The number of nitrogens with one attached hydrogen (secondary N) is 1. The number of aliphatic hydroxyl groups is 2. The van der Waals surface area contributed by atoms with Crippen molar-refractivity contribution in [1.29, 1.82) is 0 Å². The van der Waals surface area contributed by atoms with Crippen molar-refractivity contribution >= 4 is 5.91 Å². The molecule has 0 radical (unpaired) electrons. The van der Waals surface area contributed by atoms with E-state index in [-0.39, 0.29) is 5.56 Å². The predicted molar refractivity (Wildman–Crippen MR) is 119 cm³/mol. The van der Waals surface area contributed by atoms with Crippen LogP contribution in [0.1, 0.15) is 68.7 Å². The van der Waals surface area contributed by atoms with Crippen molar-refractivity contribution in [2.45, 2.75) is 64.6 Å². The molecule has 5 nitrogen and oxygen atoms in total. The normalized spacial score (nSPS) is 17.6. The van der Waals surface area contributed by atoms with E-state index in [1.807, 2.05) is 0 Å². The number of carbonyl (C=O) groups excluding carboxylic acids is 1. The Morgan fingerprint density at radius 2 is 1.77 bits per heavy atom. The maximum atomic E-state index is 13.2. The molecule has 0 aliphatic rings. The van der Waals surface area contributed by atoms with Crippen LogP contribution in [0.2, 0.25) is 0 Å². The maximum Gasteiger partial charge on any atom is 0.256 e. The van der Waals surface area contributed by atoms with Crippen LogP contribution in [0, 0.1) is 5.92 Å². The Kier molecular flexibility index (Phi) is 6.59. The van der Waals surface area contributed by atoms with Crippen molar-refractivity contribution in [2.75, 3.05) is 6.61 Å². The summed E-state index contributed by atoms with van der Waals surface area (Å²) in [4.78, 5) is 13.2. The van der Waals surface area contributed by atoms with Crippen molar-refractivity contribution in [3.8, 4) is 5.75 Å². The molecule has 3 atom stereocenters. The second-order valence-electron chi connectivity index (χ2n) is 8.41. The van der Waals surface area contributed by atoms with Gasteiger partial charge in [0.15, 0.2) is 5.60 Å². The van der Waals surface area contributed by atoms with E-state index in [4.69, 9.17) is 8.85 Å². The smallest absolute Gasteiger partial charge is 0.256 e. The minimum Gasteiger partial charge on any atom is -0.493 e. The second-order valence-corrected chi connectivity index (χ2v) is 8.41. The van der Waals surface area contributed by atoms with Crippen LogP contribution in [-0.2, 0) is 10.4 Å². The van der Waals surface area contributed by atoms with E-state index in [2.05, 4.69) is 19.2 Å². The van der Waals surface area contributed by atoms with E-state index in [9.17, 15) is 15.0 Å². The summed E-state index contributed by atoms with van der Waals surface area (Å²) < 4.78 is 29.3. The highest BCUT2D eigenvalue weighted by molar-refractivity contribution is 5.86. The molecular weight excluding hydrogens is 378 g/mol. The Hall–Kier alpha value is -2.37. The van der Waals surface area contributed by atoms with Crippen LogP contribution in [0.25, 0.3) is 0 Å². The SMILES string of the molecule is [2H]C([2H])([2H])[C@](O)(C(=O)N[C@H](c1ccc(OCC(C)CCC)cc1)C(C)(C)O)c1ccccc1. The molecule has 30 heavy (non-hydrogen) atoms. The van der Waals surface area contributed by atoms with Crippen molar-refractivity contribution in [3.63, 3.8) is 0 Å². The van der Waals surface area contributed by atoms with Crippen LogP contribution >= 0.6 is 0 Å². The average Bonchev–Trinajstić information content (AvgIpc) is 2.75. The van der Waals surface area contributed by atoms with Gasteiger partial charge in [0.05, 0.1) is 18.2 Å². The van der Waals surface area contributed by atoms with Crippen LogP contribution in [0.4, 0.5) is 0 Å². The van der Waals surface area contributed by atoms with Crippen LogP contribution in [0.15, 0.2) is 54.6 Å². The van der Waals surface area contributed by atoms with E-state index in [1.54, 1.807) is 42.5 Å². The lowest BCUT2D eigenvalue weighted by molar-refractivity contribution is -0.141. The van der Waals surface area contributed by atoms with Crippen LogP contribution in [0.3, 0.4) is 0 Å². The third kappa shape index (κ3) is 6.31. The van der Waals surface area contributed by atoms with Crippen molar-refractivity contribution in [2.24, 2.45) is 5.92 Å². The van der Waals surface area contributed by atoms with E-state index in [0.29, 0.717) is 23.8 Å². The fourth-order valence-electron chi connectivity index (χ4n) is 3.28. The number of ether oxygens (including phenoxy) is 1. The van der Waals surface area contributed by atoms with Gasteiger partial charge in [-0.05, 0) is 56.3 Å². The third-order valence-corrected chi connectivity index (χ3v) is 5.03. The number of amides is 1. The molecule has 0 aromatic heterocycles. The molecule has 164 valence electrons. The van der Waals surface area contributed by atoms with Crippen molar-refractivity contribution in [1.82, 2.24) is 5.32 Å². The molecule has 2 aromatic rings. The van der Waals surface area contributed by atoms with E-state index in [0.717, 1.165) is 12.8 Å². The Morgan fingerprint density at radius 3 is 2.30 bits per heavy atom. The topological polar surface area (TPSA) is 78.8 Å². The molecule has 2 aromatic carbocycles. The molecule has 3 N–H and O–H groups in total. The van der Waals surface area contributed by atoms with E-state index in [1.165, 1.54) is 26.0 Å². The molecule has 1 unspecified atom stereocenters. The zero-order chi connectivity index (χ0) is 24.9. The highest BCUT2D eigenvalue weighted by Crippen LogP contribution is 2.29. The van der Waals surface area contributed by atoms with Crippen LogP contribution < -0.4 is 10.1 Å². The lowest BCUT2D eigenvalue weighted by Gasteiger charge is -2.33. The monoisotopic (exact) mass is 416 g/mol. The van der Waals surface area contributed by atoms with E-state index < -0.39 is 30.0 Å². The number of hydrogen-bond donors (Lipinski definition) is 3. The van der Waals surface area contributed by atoms with Gasteiger partial charge in [0.1, 0.15) is 5.75 Å². The largest absolute Gasteiger partial charge is 0.493 e. The maximum absolute atomic E-state index is 13.2. The molecule has 2 rings (SSSR count). The van der Waals surface area contributed by atoms with Gasteiger partial charge >= 0.3 is 0 Å². The molecule has 0 bridgehead atoms. The molecule has 0 aliphatic carbocycles. The van der Waals surface area contributed by atoms with Gasteiger partial charge in [0.2, 0.25) is 0 Å². The molecule has 0 spiro atoms. The minimum absolute atomic E-state index is 0.0538. The summed E-state index contributed by atoms with van der Waals surface area (Å²) in [5.74, 6) is -0.0333. The fraction of sp³-hybridized carbons (Fsp3) is 0.480. The van der Waals surface area contributed by atoms with Gasteiger partial charge in [0.25, 0.3) is 5.91 Å². The first-order valence-corrected chi connectivity index (χ1v) is 10.3. The predicted octanol–water partition coefficient (Wildman–Crippen LogP) is 4.34. The number of benzene rings is 2. The third-order valence-electron chi connectivity index (χ3n) is 5.03. The van der Waals surface area contributed by atoms with Crippen molar-refractivity contribution in [3.05, 3.63) is 65.7 Å². The van der Waals surface area contributed by atoms with Crippen LogP contribution in [-0.4, -0.2) is 28.3 Å². The first kappa shape index (κ1) is 19.6. The summed E-state index contributed by atoms with van der Waals surface area (Å²) in [7, 11) is 0. The van der Waals surface area contributed by atoms with Crippen molar-refractivity contribution < 1.29 is 23.9 Å². The number of rotatable bonds is 10. The van der Waals surface area contributed by atoms with E-state index >= 15 is 0 Å². The number of carbonyl (C=O) groups is 1. The lowest BCUT2D eigenvalue weighted by atomic mass is 9.89. The molecule has 0 aliphatic heterocycles. The van der Waals surface area contributed by atoms with Crippen LogP contribution in [0.5, 0.6) is 5.75 Å². The molecule has 0 saturated carbocycles. The van der Waals surface area contributed by atoms with Gasteiger partial charge in [-0.25, -0.2) is 0 Å². The van der Waals surface area contributed by atoms with Gasteiger partial charge in [-0.15, -0.1) is 0 Å². The zero-order valence-corrected chi connectivity index (χ0v) is 18.2. The standard InChI is InChI=1S/C25H35NO4/c1-6-10-18(2)17-30-21-15-13-19(14-16-21)22(24(3,4)28)26-23(27)25(5,29)20-11-8-7-9-12-20/h7-9,11-16,18,22,28-29H,6,10,17H2,1-5H3,(H,26,27)/t18?,22-,25-/m1/s1/i5D3. The molecule has 0 heterocycles. The Labute approximate surface area is 184 Å². The van der Waals surface area contributed by atoms with Gasteiger partial charge in [-0.3, -0.25) is 4.79 Å². The second kappa shape index (κ2) is 10.1. The molecule has 5 heteroatoms.